The maximum Gasteiger partial charge on any atom is 0.239 e. The molecule has 4 heteroatoms. The summed E-state index contributed by atoms with van der Waals surface area (Å²) >= 11 is 0. The Kier molecular flexibility index (Phi) is 4.56. The van der Waals surface area contributed by atoms with Gasteiger partial charge in [-0.25, -0.2) is 8.42 Å². The minimum Gasteiger partial charge on any atom is -0.207 e. The summed E-state index contributed by atoms with van der Waals surface area (Å²) in [5, 5.41) is 0. The number of sulfonamides is 1. The highest BCUT2D eigenvalue weighted by molar-refractivity contribution is 7.93. The standard InChI is InChI=1S/C12H23NO2S/c1-10(2)13(11(3)4)16(14,15)12-8-6-5-7-9-12/h8,10-11H,5-7,9H2,1-4H3. The fourth-order valence-corrected chi connectivity index (χ4v) is 4.44. The lowest BCUT2D eigenvalue weighted by Crippen LogP contribution is -2.42. The molecule has 16 heavy (non-hydrogen) atoms. The number of allylic oxidation sites excluding steroid dienone is 2. The van der Waals surface area contributed by atoms with Crippen molar-refractivity contribution in [3.63, 3.8) is 0 Å². The van der Waals surface area contributed by atoms with Crippen molar-refractivity contribution in [1.82, 2.24) is 4.31 Å². The predicted molar refractivity (Wildman–Crippen MR) is 67.6 cm³/mol. The Balaban J connectivity index is 3.02. The smallest absolute Gasteiger partial charge is 0.207 e. The van der Waals surface area contributed by atoms with Gasteiger partial charge in [-0.2, -0.15) is 4.31 Å². The van der Waals surface area contributed by atoms with Crippen LogP contribution in [0.4, 0.5) is 0 Å². The second-order valence-electron chi connectivity index (χ2n) is 4.94. The van der Waals surface area contributed by atoms with Crippen molar-refractivity contribution in [1.29, 1.82) is 0 Å². The molecule has 0 saturated heterocycles. The monoisotopic (exact) mass is 245 g/mol. The lowest BCUT2D eigenvalue weighted by molar-refractivity contribution is 0.304. The summed E-state index contributed by atoms with van der Waals surface area (Å²) in [5.74, 6) is 0. The Bertz CT molecular complexity index is 347. The van der Waals surface area contributed by atoms with Crippen molar-refractivity contribution >= 4 is 10.0 Å². The van der Waals surface area contributed by atoms with E-state index in [1.165, 1.54) is 0 Å². The van der Waals surface area contributed by atoms with Gasteiger partial charge in [0.05, 0.1) is 4.91 Å². The molecule has 0 radical (unpaired) electrons. The Labute approximate surface area is 99.6 Å². The third-order valence-corrected chi connectivity index (χ3v) is 5.31. The lowest BCUT2D eigenvalue weighted by Gasteiger charge is -2.31. The average Bonchev–Trinajstić information content (AvgIpc) is 2.17. The van der Waals surface area contributed by atoms with Crippen molar-refractivity contribution in [2.24, 2.45) is 0 Å². The van der Waals surface area contributed by atoms with Crippen LogP contribution in [0, 0.1) is 0 Å². The molecule has 0 spiro atoms. The van der Waals surface area contributed by atoms with Gasteiger partial charge in [-0.1, -0.05) is 6.08 Å². The molecule has 0 unspecified atom stereocenters. The summed E-state index contributed by atoms with van der Waals surface area (Å²) in [6.45, 7) is 7.73. The zero-order valence-corrected chi connectivity index (χ0v) is 11.5. The van der Waals surface area contributed by atoms with Crippen molar-refractivity contribution in [3.05, 3.63) is 11.0 Å². The molecule has 0 amide bonds. The maximum absolute atomic E-state index is 12.4. The fourth-order valence-electron chi connectivity index (χ4n) is 2.33. The SMILES string of the molecule is CC(C)N(C(C)C)S(=O)(=O)C1=CCCCC1. The highest BCUT2D eigenvalue weighted by atomic mass is 32.2. The van der Waals surface area contributed by atoms with Gasteiger partial charge in [0.15, 0.2) is 0 Å². The Morgan fingerprint density at radius 3 is 2.06 bits per heavy atom. The molecule has 0 fully saturated rings. The molecule has 0 aromatic carbocycles. The first-order valence-corrected chi connectivity index (χ1v) is 7.54. The molecule has 94 valence electrons. The molecule has 0 bridgehead atoms. The Morgan fingerprint density at radius 2 is 1.69 bits per heavy atom. The molecule has 0 N–H and O–H groups in total. The largest absolute Gasteiger partial charge is 0.239 e. The van der Waals surface area contributed by atoms with Crippen LogP contribution in [0.25, 0.3) is 0 Å². The van der Waals surface area contributed by atoms with Gasteiger partial charge >= 0.3 is 0 Å². The molecular formula is C12H23NO2S. The highest BCUT2D eigenvalue weighted by Crippen LogP contribution is 2.27. The Morgan fingerprint density at radius 1 is 1.12 bits per heavy atom. The minimum atomic E-state index is -3.23. The number of rotatable bonds is 4. The van der Waals surface area contributed by atoms with Crippen LogP contribution in [0.5, 0.6) is 0 Å². The van der Waals surface area contributed by atoms with E-state index < -0.39 is 10.0 Å². The molecule has 0 heterocycles. The van der Waals surface area contributed by atoms with E-state index in [1.807, 2.05) is 33.8 Å². The van der Waals surface area contributed by atoms with Crippen LogP contribution in [0.15, 0.2) is 11.0 Å². The van der Waals surface area contributed by atoms with E-state index in [0.29, 0.717) is 11.3 Å². The number of hydrogen-bond donors (Lipinski definition) is 0. The maximum atomic E-state index is 12.4. The molecule has 0 aromatic heterocycles. The van der Waals surface area contributed by atoms with Gasteiger partial charge in [-0.3, -0.25) is 0 Å². The van der Waals surface area contributed by atoms with Crippen molar-refractivity contribution in [2.75, 3.05) is 0 Å². The molecule has 1 aliphatic carbocycles. The zero-order valence-electron chi connectivity index (χ0n) is 10.7. The predicted octanol–water partition coefficient (Wildman–Crippen LogP) is 2.89. The highest BCUT2D eigenvalue weighted by Gasteiger charge is 2.31. The molecule has 0 aliphatic heterocycles. The van der Waals surface area contributed by atoms with E-state index >= 15 is 0 Å². The summed E-state index contributed by atoms with van der Waals surface area (Å²) < 4.78 is 26.5. The molecule has 3 nitrogen and oxygen atoms in total. The van der Waals surface area contributed by atoms with Gasteiger partial charge < -0.3 is 0 Å². The summed E-state index contributed by atoms with van der Waals surface area (Å²) in [7, 11) is -3.23. The van der Waals surface area contributed by atoms with E-state index in [0.717, 1.165) is 19.3 Å². The molecule has 1 rings (SSSR count). The zero-order chi connectivity index (χ0) is 12.3. The molecule has 1 aliphatic rings. The van der Waals surface area contributed by atoms with E-state index in [1.54, 1.807) is 4.31 Å². The van der Waals surface area contributed by atoms with Gasteiger partial charge in [0.1, 0.15) is 0 Å². The first-order valence-electron chi connectivity index (χ1n) is 6.10. The summed E-state index contributed by atoms with van der Waals surface area (Å²) in [4.78, 5) is 0.626. The molecular weight excluding hydrogens is 222 g/mol. The lowest BCUT2D eigenvalue weighted by atomic mass is 10.1. The van der Waals surface area contributed by atoms with E-state index in [4.69, 9.17) is 0 Å². The van der Waals surface area contributed by atoms with Crippen LogP contribution in [-0.2, 0) is 10.0 Å². The van der Waals surface area contributed by atoms with Crippen LogP contribution >= 0.6 is 0 Å². The van der Waals surface area contributed by atoms with Crippen LogP contribution in [0.3, 0.4) is 0 Å². The molecule has 0 saturated carbocycles. The van der Waals surface area contributed by atoms with Gasteiger partial charge in [0.2, 0.25) is 10.0 Å². The second kappa shape index (κ2) is 5.32. The quantitative estimate of drug-likeness (QED) is 0.763. The average molecular weight is 245 g/mol. The third kappa shape index (κ3) is 2.86. The number of nitrogens with zero attached hydrogens (tertiary/aromatic N) is 1. The first kappa shape index (κ1) is 13.7. The summed E-state index contributed by atoms with van der Waals surface area (Å²) in [5.41, 5.74) is 0. The normalized spacial score (nSPS) is 18.3. The van der Waals surface area contributed by atoms with Crippen LogP contribution in [-0.4, -0.2) is 24.8 Å². The van der Waals surface area contributed by atoms with Gasteiger partial charge in [-0.15, -0.1) is 0 Å². The van der Waals surface area contributed by atoms with Crippen LogP contribution < -0.4 is 0 Å². The fraction of sp³-hybridized carbons (Fsp3) is 0.833. The topological polar surface area (TPSA) is 37.4 Å². The summed E-state index contributed by atoms with van der Waals surface area (Å²) in [6, 6.07) is 0.0423. The van der Waals surface area contributed by atoms with Crippen molar-refractivity contribution in [2.45, 2.75) is 65.5 Å². The summed E-state index contributed by atoms with van der Waals surface area (Å²) in [6.07, 6.45) is 5.62. The van der Waals surface area contributed by atoms with Crippen molar-refractivity contribution in [3.8, 4) is 0 Å². The van der Waals surface area contributed by atoms with E-state index in [9.17, 15) is 8.42 Å². The van der Waals surface area contributed by atoms with Crippen molar-refractivity contribution < 1.29 is 8.42 Å². The molecule has 0 aromatic rings. The van der Waals surface area contributed by atoms with Gasteiger partial charge in [0, 0.05) is 12.1 Å². The van der Waals surface area contributed by atoms with Gasteiger partial charge in [-0.05, 0) is 53.4 Å². The van der Waals surface area contributed by atoms with Crippen LogP contribution in [0.2, 0.25) is 0 Å². The van der Waals surface area contributed by atoms with Gasteiger partial charge in [0.25, 0.3) is 0 Å². The second-order valence-corrected chi connectivity index (χ2v) is 6.83. The minimum absolute atomic E-state index is 0.0211. The third-order valence-electron chi connectivity index (χ3n) is 2.88. The van der Waals surface area contributed by atoms with Crippen LogP contribution in [0.1, 0.15) is 53.4 Å². The van der Waals surface area contributed by atoms with E-state index in [2.05, 4.69) is 0 Å². The first-order chi connectivity index (χ1) is 7.37. The van der Waals surface area contributed by atoms with E-state index in [-0.39, 0.29) is 12.1 Å². The number of hydrogen-bond acceptors (Lipinski definition) is 2. The molecule has 0 atom stereocenters. The Hall–Kier alpha value is -0.350.